The van der Waals surface area contributed by atoms with E-state index < -0.39 is 0 Å². The minimum atomic E-state index is -0.0928. The maximum Gasteiger partial charge on any atom is 0.0546 e. The highest BCUT2D eigenvalue weighted by molar-refractivity contribution is 4.88. The fourth-order valence-electron chi connectivity index (χ4n) is 2.52. The summed E-state index contributed by atoms with van der Waals surface area (Å²) in [6, 6.07) is 0. The molecule has 0 bridgehead atoms. The lowest BCUT2D eigenvalue weighted by atomic mass is 9.92. The van der Waals surface area contributed by atoms with Crippen molar-refractivity contribution < 1.29 is 5.11 Å². The molecule has 1 fully saturated rings. The SMILES string of the molecule is C=C(C)CCC(O)CC1CCCCCC1. The molecule has 0 aliphatic heterocycles. The van der Waals surface area contributed by atoms with Gasteiger partial charge in [-0.15, -0.1) is 6.58 Å². The maximum atomic E-state index is 9.90. The summed E-state index contributed by atoms with van der Waals surface area (Å²) < 4.78 is 0. The largest absolute Gasteiger partial charge is 0.393 e. The highest BCUT2D eigenvalue weighted by atomic mass is 16.3. The van der Waals surface area contributed by atoms with Gasteiger partial charge in [-0.05, 0) is 32.1 Å². The first kappa shape index (κ1) is 12.8. The molecule has 0 spiro atoms. The van der Waals surface area contributed by atoms with Crippen molar-refractivity contribution >= 4 is 0 Å². The molecule has 0 aromatic rings. The van der Waals surface area contributed by atoms with Gasteiger partial charge in [0.05, 0.1) is 6.10 Å². The lowest BCUT2D eigenvalue weighted by Crippen LogP contribution is -2.13. The fraction of sp³-hybridized carbons (Fsp3) is 0.857. The Hall–Kier alpha value is -0.300. The molecule has 1 atom stereocenters. The zero-order chi connectivity index (χ0) is 11.1. The van der Waals surface area contributed by atoms with E-state index in [1.54, 1.807) is 0 Å². The first-order valence-electron chi connectivity index (χ1n) is 6.51. The van der Waals surface area contributed by atoms with Crippen molar-refractivity contribution in [3.63, 3.8) is 0 Å². The van der Waals surface area contributed by atoms with Crippen molar-refractivity contribution in [2.24, 2.45) is 5.92 Å². The molecule has 88 valence electrons. The zero-order valence-electron chi connectivity index (χ0n) is 10.2. The molecule has 1 unspecified atom stereocenters. The maximum absolute atomic E-state index is 9.90. The Labute approximate surface area is 94.6 Å². The normalized spacial score (nSPS) is 20.9. The van der Waals surface area contributed by atoms with Gasteiger partial charge in [-0.1, -0.05) is 44.1 Å². The minimum Gasteiger partial charge on any atom is -0.393 e. The predicted molar refractivity (Wildman–Crippen MR) is 65.9 cm³/mol. The van der Waals surface area contributed by atoms with Gasteiger partial charge >= 0.3 is 0 Å². The molecule has 1 nitrogen and oxygen atoms in total. The summed E-state index contributed by atoms with van der Waals surface area (Å²) in [6.45, 7) is 5.92. The average Bonchev–Trinajstić information content (AvgIpc) is 2.43. The van der Waals surface area contributed by atoms with Crippen molar-refractivity contribution in [1.29, 1.82) is 0 Å². The van der Waals surface area contributed by atoms with Gasteiger partial charge in [0.1, 0.15) is 0 Å². The number of rotatable bonds is 5. The van der Waals surface area contributed by atoms with Crippen LogP contribution in [0.1, 0.15) is 64.7 Å². The molecule has 0 radical (unpaired) electrons. The van der Waals surface area contributed by atoms with Crippen LogP contribution in [0.4, 0.5) is 0 Å². The van der Waals surface area contributed by atoms with Crippen LogP contribution in [0.3, 0.4) is 0 Å². The molecule has 1 aliphatic carbocycles. The van der Waals surface area contributed by atoms with Crippen LogP contribution >= 0.6 is 0 Å². The average molecular weight is 210 g/mol. The summed E-state index contributed by atoms with van der Waals surface area (Å²) in [7, 11) is 0. The van der Waals surface area contributed by atoms with Crippen LogP contribution in [0.2, 0.25) is 0 Å². The quantitative estimate of drug-likeness (QED) is 0.536. The van der Waals surface area contributed by atoms with Crippen LogP contribution in [0, 0.1) is 5.92 Å². The van der Waals surface area contributed by atoms with E-state index in [4.69, 9.17) is 0 Å². The van der Waals surface area contributed by atoms with Gasteiger partial charge in [0.2, 0.25) is 0 Å². The third-order valence-electron chi connectivity index (χ3n) is 3.48. The van der Waals surface area contributed by atoms with Gasteiger partial charge in [0.25, 0.3) is 0 Å². The summed E-state index contributed by atoms with van der Waals surface area (Å²) in [6.07, 6.45) is 11.0. The smallest absolute Gasteiger partial charge is 0.0546 e. The molecule has 1 rings (SSSR count). The number of aliphatic hydroxyl groups is 1. The Morgan fingerprint density at radius 3 is 2.40 bits per heavy atom. The highest BCUT2D eigenvalue weighted by Gasteiger charge is 2.16. The Kier molecular flexibility index (Phi) is 6.00. The zero-order valence-corrected chi connectivity index (χ0v) is 10.2. The fourth-order valence-corrected chi connectivity index (χ4v) is 2.52. The first-order valence-corrected chi connectivity index (χ1v) is 6.51. The lowest BCUT2D eigenvalue weighted by molar-refractivity contribution is 0.129. The molecular formula is C14H26O. The van der Waals surface area contributed by atoms with Gasteiger partial charge in [0, 0.05) is 0 Å². The van der Waals surface area contributed by atoms with E-state index >= 15 is 0 Å². The van der Waals surface area contributed by atoms with E-state index in [0.717, 1.165) is 25.2 Å². The Balaban J connectivity index is 2.17. The molecule has 1 aliphatic rings. The summed E-state index contributed by atoms with van der Waals surface area (Å²) in [5, 5.41) is 9.90. The molecule has 15 heavy (non-hydrogen) atoms. The standard InChI is InChI=1S/C14H26O/c1-12(2)9-10-14(15)11-13-7-5-3-4-6-8-13/h13-15H,1,3-11H2,2H3. The Morgan fingerprint density at radius 1 is 1.27 bits per heavy atom. The number of allylic oxidation sites excluding steroid dienone is 1. The van der Waals surface area contributed by atoms with Crippen LogP contribution < -0.4 is 0 Å². The van der Waals surface area contributed by atoms with E-state index in [1.807, 2.05) is 6.92 Å². The Bertz CT molecular complexity index is 178. The van der Waals surface area contributed by atoms with Crippen molar-refractivity contribution in [1.82, 2.24) is 0 Å². The molecule has 0 aromatic heterocycles. The molecule has 0 heterocycles. The van der Waals surface area contributed by atoms with Gasteiger partial charge in [0.15, 0.2) is 0 Å². The van der Waals surface area contributed by atoms with E-state index in [0.29, 0.717) is 0 Å². The van der Waals surface area contributed by atoms with Crippen LogP contribution in [-0.2, 0) is 0 Å². The first-order chi connectivity index (χ1) is 7.18. The van der Waals surface area contributed by atoms with Gasteiger partial charge in [-0.2, -0.15) is 0 Å². The lowest BCUT2D eigenvalue weighted by Gasteiger charge is -2.18. The second-order valence-electron chi connectivity index (χ2n) is 5.24. The monoisotopic (exact) mass is 210 g/mol. The number of hydrogen-bond acceptors (Lipinski definition) is 1. The molecule has 0 saturated heterocycles. The molecule has 0 aromatic carbocycles. The number of aliphatic hydroxyl groups excluding tert-OH is 1. The third kappa shape index (κ3) is 5.99. The van der Waals surface area contributed by atoms with Gasteiger partial charge in [-0.3, -0.25) is 0 Å². The minimum absolute atomic E-state index is 0.0928. The van der Waals surface area contributed by atoms with Crippen molar-refractivity contribution in [3.8, 4) is 0 Å². The highest BCUT2D eigenvalue weighted by Crippen LogP contribution is 2.27. The predicted octanol–water partition coefficient (Wildman–Crippen LogP) is 4.06. The third-order valence-corrected chi connectivity index (χ3v) is 3.48. The summed E-state index contributed by atoms with van der Waals surface area (Å²) in [4.78, 5) is 0. The van der Waals surface area contributed by atoms with Crippen molar-refractivity contribution in [2.75, 3.05) is 0 Å². The van der Waals surface area contributed by atoms with Crippen LogP contribution in [0.5, 0.6) is 0 Å². The second kappa shape index (κ2) is 7.05. The summed E-state index contributed by atoms with van der Waals surface area (Å²) >= 11 is 0. The molecule has 1 saturated carbocycles. The van der Waals surface area contributed by atoms with Crippen LogP contribution in [0.25, 0.3) is 0 Å². The topological polar surface area (TPSA) is 20.2 Å². The van der Waals surface area contributed by atoms with Crippen molar-refractivity contribution in [2.45, 2.75) is 70.8 Å². The van der Waals surface area contributed by atoms with E-state index in [-0.39, 0.29) is 6.10 Å². The summed E-state index contributed by atoms with van der Waals surface area (Å²) in [5.41, 5.74) is 1.19. The molecule has 0 amide bonds. The molecule has 1 N–H and O–H groups in total. The van der Waals surface area contributed by atoms with Crippen LogP contribution in [0.15, 0.2) is 12.2 Å². The van der Waals surface area contributed by atoms with E-state index in [1.165, 1.54) is 44.1 Å². The van der Waals surface area contributed by atoms with Gasteiger partial charge in [-0.25, -0.2) is 0 Å². The summed E-state index contributed by atoms with van der Waals surface area (Å²) in [5.74, 6) is 0.785. The van der Waals surface area contributed by atoms with Gasteiger partial charge < -0.3 is 5.11 Å². The van der Waals surface area contributed by atoms with Crippen LogP contribution in [-0.4, -0.2) is 11.2 Å². The van der Waals surface area contributed by atoms with E-state index in [9.17, 15) is 5.11 Å². The number of hydrogen-bond donors (Lipinski definition) is 1. The molecule has 1 heteroatoms. The van der Waals surface area contributed by atoms with Crippen molar-refractivity contribution in [3.05, 3.63) is 12.2 Å². The second-order valence-corrected chi connectivity index (χ2v) is 5.24. The molecular weight excluding hydrogens is 184 g/mol. The van der Waals surface area contributed by atoms with E-state index in [2.05, 4.69) is 6.58 Å². The Morgan fingerprint density at radius 2 is 1.87 bits per heavy atom.